The zero-order valence-corrected chi connectivity index (χ0v) is 10.1. The third-order valence-corrected chi connectivity index (χ3v) is 3.09. The SMILES string of the molecule is O=Cc1cn([C@H]2CC[C@@](F)(CO)O2)c(=S)[nH]c1=O. The largest absolute Gasteiger partial charge is 0.390 e. The van der Waals surface area contributed by atoms with Gasteiger partial charge in [0.25, 0.3) is 5.56 Å². The van der Waals surface area contributed by atoms with Gasteiger partial charge in [0, 0.05) is 12.6 Å². The maximum atomic E-state index is 13.7. The van der Waals surface area contributed by atoms with Crippen molar-refractivity contribution in [2.75, 3.05) is 6.61 Å². The Kier molecular flexibility index (Phi) is 3.42. The third-order valence-electron chi connectivity index (χ3n) is 2.78. The minimum absolute atomic E-state index is 0.0193. The molecule has 18 heavy (non-hydrogen) atoms. The molecule has 0 spiro atoms. The highest BCUT2D eigenvalue weighted by Gasteiger charge is 2.40. The maximum absolute atomic E-state index is 13.7. The lowest BCUT2D eigenvalue weighted by Crippen LogP contribution is -2.28. The first-order valence-corrected chi connectivity index (χ1v) is 5.68. The molecule has 2 heterocycles. The number of nitrogens with zero attached hydrogens (tertiary/aromatic N) is 1. The molecule has 98 valence electrons. The van der Waals surface area contributed by atoms with Crippen LogP contribution >= 0.6 is 12.2 Å². The number of aromatic nitrogens is 2. The first kappa shape index (κ1) is 13.1. The number of aliphatic hydroxyl groups excluding tert-OH is 1. The molecule has 0 amide bonds. The lowest BCUT2D eigenvalue weighted by Gasteiger charge is -2.19. The Labute approximate surface area is 106 Å². The molecule has 6 nitrogen and oxygen atoms in total. The van der Waals surface area contributed by atoms with Gasteiger partial charge in [-0.05, 0) is 18.6 Å². The number of nitrogens with one attached hydrogen (secondary N) is 1. The minimum atomic E-state index is -2.10. The molecule has 0 aromatic carbocycles. The summed E-state index contributed by atoms with van der Waals surface area (Å²) in [7, 11) is 0. The van der Waals surface area contributed by atoms with E-state index in [1.54, 1.807) is 0 Å². The normalized spacial score (nSPS) is 27.3. The van der Waals surface area contributed by atoms with Crippen LogP contribution in [0.5, 0.6) is 0 Å². The Balaban J connectivity index is 2.38. The van der Waals surface area contributed by atoms with Crippen LogP contribution in [-0.4, -0.2) is 33.4 Å². The van der Waals surface area contributed by atoms with Crippen LogP contribution in [0.4, 0.5) is 4.39 Å². The highest BCUT2D eigenvalue weighted by atomic mass is 32.1. The van der Waals surface area contributed by atoms with Crippen LogP contribution in [-0.2, 0) is 4.74 Å². The zero-order valence-electron chi connectivity index (χ0n) is 9.26. The number of aldehydes is 1. The molecule has 0 saturated carbocycles. The fourth-order valence-electron chi connectivity index (χ4n) is 1.81. The number of carbonyl (C=O) groups is 1. The van der Waals surface area contributed by atoms with Gasteiger partial charge in [0.2, 0.25) is 5.85 Å². The van der Waals surface area contributed by atoms with Crippen LogP contribution in [0.25, 0.3) is 0 Å². The Morgan fingerprint density at radius 2 is 2.50 bits per heavy atom. The van der Waals surface area contributed by atoms with Crippen LogP contribution in [0.2, 0.25) is 0 Å². The van der Waals surface area contributed by atoms with E-state index in [9.17, 15) is 14.0 Å². The Morgan fingerprint density at radius 1 is 1.78 bits per heavy atom. The molecule has 1 aliphatic rings. The minimum Gasteiger partial charge on any atom is -0.390 e. The highest BCUT2D eigenvalue weighted by molar-refractivity contribution is 7.71. The van der Waals surface area contributed by atoms with Gasteiger partial charge in [-0.2, -0.15) is 0 Å². The van der Waals surface area contributed by atoms with Gasteiger partial charge in [0.05, 0.1) is 5.56 Å². The topological polar surface area (TPSA) is 84.3 Å². The second-order valence-electron chi connectivity index (χ2n) is 4.02. The van der Waals surface area contributed by atoms with E-state index in [1.165, 1.54) is 10.8 Å². The van der Waals surface area contributed by atoms with E-state index in [0.29, 0.717) is 6.29 Å². The summed E-state index contributed by atoms with van der Waals surface area (Å²) in [4.78, 5) is 24.3. The smallest absolute Gasteiger partial charge is 0.262 e. The van der Waals surface area contributed by atoms with E-state index in [4.69, 9.17) is 22.1 Å². The summed E-state index contributed by atoms with van der Waals surface area (Å²) in [5.41, 5.74) is -0.717. The van der Waals surface area contributed by atoms with Crippen molar-refractivity contribution in [3.05, 3.63) is 26.9 Å². The van der Waals surface area contributed by atoms with Gasteiger partial charge in [0.1, 0.15) is 12.8 Å². The Hall–Kier alpha value is -1.38. The predicted molar refractivity (Wildman–Crippen MR) is 61.6 cm³/mol. The average molecular weight is 274 g/mol. The standard InChI is InChI=1S/C10H11FN2O4S/c11-10(5-15)2-1-7(17-10)13-3-6(4-14)8(16)12-9(13)18/h3-4,7,15H,1-2,5H2,(H,12,16,18)/t7-,10+/m1/s1. The van der Waals surface area contributed by atoms with E-state index in [0.717, 1.165) is 0 Å². The fraction of sp³-hybridized carbons (Fsp3) is 0.500. The van der Waals surface area contributed by atoms with Gasteiger partial charge in [0.15, 0.2) is 11.1 Å². The summed E-state index contributed by atoms with van der Waals surface area (Å²) in [6.45, 7) is -0.749. The molecule has 1 saturated heterocycles. The monoisotopic (exact) mass is 274 g/mol. The van der Waals surface area contributed by atoms with Crippen molar-refractivity contribution in [2.45, 2.75) is 24.9 Å². The molecule has 1 aromatic heterocycles. The van der Waals surface area contributed by atoms with Crippen molar-refractivity contribution in [1.82, 2.24) is 9.55 Å². The van der Waals surface area contributed by atoms with Crippen molar-refractivity contribution in [2.24, 2.45) is 0 Å². The van der Waals surface area contributed by atoms with E-state index < -0.39 is 24.2 Å². The molecule has 1 aromatic rings. The molecule has 2 N–H and O–H groups in total. The van der Waals surface area contributed by atoms with Crippen molar-refractivity contribution in [3.8, 4) is 0 Å². The van der Waals surface area contributed by atoms with Crippen molar-refractivity contribution < 1.29 is 19.0 Å². The van der Waals surface area contributed by atoms with Crippen LogP contribution in [0.3, 0.4) is 0 Å². The summed E-state index contributed by atoms with van der Waals surface area (Å²) in [6.07, 6.45) is 1.17. The van der Waals surface area contributed by atoms with Gasteiger partial charge in [-0.1, -0.05) is 0 Å². The van der Waals surface area contributed by atoms with Crippen LogP contribution in [0, 0.1) is 4.77 Å². The molecule has 2 atom stereocenters. The molecule has 1 aliphatic heterocycles. The summed E-state index contributed by atoms with van der Waals surface area (Å²) < 4.78 is 20.1. The number of H-pyrrole nitrogens is 1. The number of hydrogen-bond donors (Lipinski definition) is 2. The molecule has 0 bridgehead atoms. The average Bonchev–Trinajstić information content (AvgIpc) is 2.73. The predicted octanol–water partition coefficient (Wildman–Crippen LogP) is 0.685. The maximum Gasteiger partial charge on any atom is 0.262 e. The number of alkyl halides is 1. The van der Waals surface area contributed by atoms with Gasteiger partial charge in [-0.3, -0.25) is 19.1 Å². The molecule has 1 fully saturated rings. The lowest BCUT2D eigenvalue weighted by molar-refractivity contribution is -0.177. The van der Waals surface area contributed by atoms with Crippen molar-refractivity contribution >= 4 is 18.5 Å². The zero-order chi connectivity index (χ0) is 13.3. The first-order valence-electron chi connectivity index (χ1n) is 5.27. The second-order valence-corrected chi connectivity index (χ2v) is 4.41. The van der Waals surface area contributed by atoms with Crippen LogP contribution in [0.1, 0.15) is 29.4 Å². The van der Waals surface area contributed by atoms with Gasteiger partial charge in [-0.15, -0.1) is 0 Å². The van der Waals surface area contributed by atoms with Crippen molar-refractivity contribution in [3.63, 3.8) is 0 Å². The first-order chi connectivity index (χ1) is 8.49. The van der Waals surface area contributed by atoms with Gasteiger partial charge < -0.3 is 9.84 Å². The molecule has 0 unspecified atom stereocenters. The quantitative estimate of drug-likeness (QED) is 0.625. The molecular weight excluding hydrogens is 263 g/mol. The van der Waals surface area contributed by atoms with E-state index in [-0.39, 0.29) is 23.2 Å². The second kappa shape index (κ2) is 4.71. The highest BCUT2D eigenvalue weighted by Crippen LogP contribution is 2.37. The van der Waals surface area contributed by atoms with Gasteiger partial charge in [-0.25, -0.2) is 4.39 Å². The number of aromatic amines is 1. The number of rotatable bonds is 3. The van der Waals surface area contributed by atoms with Crippen LogP contribution in [0.15, 0.2) is 11.0 Å². The lowest BCUT2D eigenvalue weighted by atomic mass is 10.2. The van der Waals surface area contributed by atoms with Crippen molar-refractivity contribution in [1.29, 1.82) is 0 Å². The number of aliphatic hydroxyl groups is 1. The molecular formula is C10H11FN2O4S. The Bertz CT molecular complexity index is 584. The van der Waals surface area contributed by atoms with Crippen LogP contribution < -0.4 is 5.56 Å². The molecule has 8 heteroatoms. The van der Waals surface area contributed by atoms with E-state index in [2.05, 4.69) is 4.98 Å². The van der Waals surface area contributed by atoms with Gasteiger partial charge >= 0.3 is 0 Å². The fourth-order valence-corrected chi connectivity index (χ4v) is 2.07. The number of ether oxygens (including phenoxy) is 1. The molecule has 0 radical (unpaired) electrons. The van der Waals surface area contributed by atoms with E-state index in [1.807, 2.05) is 0 Å². The molecule has 0 aliphatic carbocycles. The summed E-state index contributed by atoms with van der Waals surface area (Å²) in [6, 6.07) is 0. The number of halogens is 1. The summed E-state index contributed by atoms with van der Waals surface area (Å²) in [5, 5.41) is 8.85. The third kappa shape index (κ3) is 2.26. The molecule has 2 rings (SSSR count). The number of hydrogen-bond acceptors (Lipinski definition) is 5. The summed E-state index contributed by atoms with van der Waals surface area (Å²) >= 11 is 4.92. The number of carbonyl (C=O) groups excluding carboxylic acids is 1. The summed E-state index contributed by atoms with van der Waals surface area (Å²) in [5.74, 6) is -2.10. The Morgan fingerprint density at radius 3 is 3.06 bits per heavy atom. The van der Waals surface area contributed by atoms with E-state index >= 15 is 0 Å².